The molecule has 0 atom stereocenters. The summed E-state index contributed by atoms with van der Waals surface area (Å²) < 4.78 is 2.10. The van der Waals surface area contributed by atoms with Crippen LogP contribution in [-0.2, 0) is 6.54 Å². The van der Waals surface area contributed by atoms with E-state index >= 15 is 0 Å². The second-order valence-corrected chi connectivity index (χ2v) is 4.72. The molecule has 0 aromatic carbocycles. The largest absolute Gasteiger partial charge is 0.310 e. The number of nitrogens with zero attached hydrogens (tertiary/aromatic N) is 2. The lowest BCUT2D eigenvalue weighted by atomic mass is 10.2. The van der Waals surface area contributed by atoms with Crippen LogP contribution in [0.3, 0.4) is 0 Å². The standard InChI is InChI=1S/C12H23N3/c1-8(2)13-7-12-10(5)14-15(9(3)4)11(12)6/h8-9,13H,7H2,1-6H3. The fourth-order valence-electron chi connectivity index (χ4n) is 1.76. The summed E-state index contributed by atoms with van der Waals surface area (Å²) >= 11 is 0. The highest BCUT2D eigenvalue weighted by molar-refractivity contribution is 5.24. The second-order valence-electron chi connectivity index (χ2n) is 4.72. The normalized spacial score (nSPS) is 11.7. The summed E-state index contributed by atoms with van der Waals surface area (Å²) in [6, 6.07) is 0.961. The molecule has 0 saturated heterocycles. The van der Waals surface area contributed by atoms with E-state index in [1.54, 1.807) is 0 Å². The quantitative estimate of drug-likeness (QED) is 0.826. The summed E-state index contributed by atoms with van der Waals surface area (Å²) in [5, 5.41) is 8.01. The summed E-state index contributed by atoms with van der Waals surface area (Å²) in [4.78, 5) is 0. The van der Waals surface area contributed by atoms with Crippen molar-refractivity contribution in [2.45, 2.75) is 60.2 Å². The van der Waals surface area contributed by atoms with Crippen molar-refractivity contribution >= 4 is 0 Å². The van der Waals surface area contributed by atoms with Crippen molar-refractivity contribution in [1.82, 2.24) is 15.1 Å². The Bertz CT molecular complexity index is 324. The first kappa shape index (κ1) is 12.2. The predicted molar refractivity (Wildman–Crippen MR) is 64.1 cm³/mol. The highest BCUT2D eigenvalue weighted by Gasteiger charge is 2.12. The van der Waals surface area contributed by atoms with Gasteiger partial charge in [-0.3, -0.25) is 4.68 Å². The van der Waals surface area contributed by atoms with E-state index in [-0.39, 0.29) is 0 Å². The fourth-order valence-corrected chi connectivity index (χ4v) is 1.76. The van der Waals surface area contributed by atoms with Crippen LogP contribution in [0.4, 0.5) is 0 Å². The maximum atomic E-state index is 4.56. The van der Waals surface area contributed by atoms with Gasteiger partial charge in [-0.2, -0.15) is 5.10 Å². The SMILES string of the molecule is Cc1nn(C(C)C)c(C)c1CNC(C)C. The zero-order valence-electron chi connectivity index (χ0n) is 10.8. The minimum Gasteiger partial charge on any atom is -0.310 e. The lowest BCUT2D eigenvalue weighted by Gasteiger charge is -2.10. The van der Waals surface area contributed by atoms with Crippen LogP contribution < -0.4 is 5.32 Å². The maximum absolute atomic E-state index is 4.56. The third-order valence-electron chi connectivity index (χ3n) is 2.65. The van der Waals surface area contributed by atoms with Crippen LogP contribution in [0, 0.1) is 13.8 Å². The van der Waals surface area contributed by atoms with Gasteiger partial charge < -0.3 is 5.32 Å². The molecule has 1 rings (SSSR count). The van der Waals surface area contributed by atoms with Gasteiger partial charge in [-0.05, 0) is 27.7 Å². The molecule has 0 bridgehead atoms. The van der Waals surface area contributed by atoms with Crippen LogP contribution in [0.2, 0.25) is 0 Å². The lowest BCUT2D eigenvalue weighted by molar-refractivity contribution is 0.514. The minimum atomic E-state index is 0.441. The number of rotatable bonds is 4. The van der Waals surface area contributed by atoms with Gasteiger partial charge in [0.15, 0.2) is 0 Å². The Hall–Kier alpha value is -0.830. The lowest BCUT2D eigenvalue weighted by Crippen LogP contribution is -2.22. The van der Waals surface area contributed by atoms with Gasteiger partial charge in [-0.15, -0.1) is 0 Å². The molecule has 86 valence electrons. The molecule has 1 N–H and O–H groups in total. The van der Waals surface area contributed by atoms with Gasteiger partial charge in [0, 0.05) is 29.9 Å². The average molecular weight is 209 g/mol. The van der Waals surface area contributed by atoms with E-state index in [4.69, 9.17) is 0 Å². The van der Waals surface area contributed by atoms with Crippen molar-refractivity contribution in [2.24, 2.45) is 0 Å². The Morgan fingerprint density at radius 2 is 1.80 bits per heavy atom. The van der Waals surface area contributed by atoms with Gasteiger partial charge in [0.25, 0.3) is 0 Å². The van der Waals surface area contributed by atoms with Gasteiger partial charge in [-0.25, -0.2) is 0 Å². The Balaban J connectivity index is 2.88. The van der Waals surface area contributed by atoms with Crippen molar-refractivity contribution in [1.29, 1.82) is 0 Å². The van der Waals surface area contributed by atoms with E-state index in [2.05, 4.69) is 56.6 Å². The van der Waals surface area contributed by atoms with Gasteiger partial charge in [-0.1, -0.05) is 13.8 Å². The van der Waals surface area contributed by atoms with Gasteiger partial charge >= 0.3 is 0 Å². The van der Waals surface area contributed by atoms with Crippen LogP contribution >= 0.6 is 0 Å². The molecule has 3 nitrogen and oxygen atoms in total. The average Bonchev–Trinajstić information content (AvgIpc) is 2.39. The van der Waals surface area contributed by atoms with E-state index in [1.165, 1.54) is 11.3 Å². The van der Waals surface area contributed by atoms with E-state index in [9.17, 15) is 0 Å². The molecule has 0 aliphatic rings. The number of nitrogens with one attached hydrogen (secondary N) is 1. The maximum Gasteiger partial charge on any atom is 0.0641 e. The van der Waals surface area contributed by atoms with Gasteiger partial charge in [0.1, 0.15) is 0 Å². The molecule has 0 amide bonds. The first-order valence-electron chi connectivity index (χ1n) is 5.71. The van der Waals surface area contributed by atoms with Crippen LogP contribution in [0.5, 0.6) is 0 Å². The monoisotopic (exact) mass is 209 g/mol. The molecule has 0 radical (unpaired) electrons. The molecule has 0 spiro atoms. The molecule has 0 unspecified atom stereocenters. The van der Waals surface area contributed by atoms with Crippen LogP contribution in [0.15, 0.2) is 0 Å². The van der Waals surface area contributed by atoms with E-state index in [0.29, 0.717) is 12.1 Å². The molecule has 1 aromatic heterocycles. The zero-order chi connectivity index (χ0) is 11.6. The molecule has 1 heterocycles. The molecule has 1 aromatic rings. The van der Waals surface area contributed by atoms with E-state index in [0.717, 1.165) is 12.2 Å². The van der Waals surface area contributed by atoms with Crippen molar-refractivity contribution in [3.8, 4) is 0 Å². The van der Waals surface area contributed by atoms with Gasteiger partial charge in [0.05, 0.1) is 5.69 Å². The minimum absolute atomic E-state index is 0.441. The summed E-state index contributed by atoms with van der Waals surface area (Å²) in [7, 11) is 0. The molecule has 0 aliphatic carbocycles. The summed E-state index contributed by atoms with van der Waals surface area (Å²) in [5.74, 6) is 0. The highest BCUT2D eigenvalue weighted by Crippen LogP contribution is 2.16. The second kappa shape index (κ2) is 4.79. The molecule has 0 fully saturated rings. The van der Waals surface area contributed by atoms with Crippen molar-refractivity contribution in [3.05, 3.63) is 17.0 Å². The van der Waals surface area contributed by atoms with Crippen LogP contribution in [-0.4, -0.2) is 15.8 Å². The smallest absolute Gasteiger partial charge is 0.0641 e. The molecule has 15 heavy (non-hydrogen) atoms. The third kappa shape index (κ3) is 2.81. The molecular weight excluding hydrogens is 186 g/mol. The predicted octanol–water partition coefficient (Wildman–Crippen LogP) is 2.58. The molecule has 0 saturated carbocycles. The number of hydrogen-bond donors (Lipinski definition) is 1. The zero-order valence-corrected chi connectivity index (χ0v) is 10.8. The highest BCUT2D eigenvalue weighted by atomic mass is 15.3. The molecule has 3 heteroatoms. The number of aromatic nitrogens is 2. The Kier molecular flexibility index (Phi) is 3.91. The molecular formula is C12H23N3. The first-order chi connectivity index (χ1) is 6.93. The van der Waals surface area contributed by atoms with Crippen LogP contribution in [0.1, 0.15) is 50.7 Å². The Labute approximate surface area is 92.9 Å². The fraction of sp³-hybridized carbons (Fsp3) is 0.750. The Morgan fingerprint density at radius 1 is 1.20 bits per heavy atom. The topological polar surface area (TPSA) is 29.9 Å². The number of hydrogen-bond acceptors (Lipinski definition) is 2. The van der Waals surface area contributed by atoms with Crippen molar-refractivity contribution in [2.75, 3.05) is 0 Å². The van der Waals surface area contributed by atoms with E-state index < -0.39 is 0 Å². The molecule has 0 aliphatic heterocycles. The summed E-state index contributed by atoms with van der Waals surface area (Å²) in [6.07, 6.45) is 0. The summed E-state index contributed by atoms with van der Waals surface area (Å²) in [5.41, 5.74) is 3.78. The van der Waals surface area contributed by atoms with Crippen molar-refractivity contribution in [3.63, 3.8) is 0 Å². The number of aryl methyl sites for hydroxylation is 1. The Morgan fingerprint density at radius 3 is 2.20 bits per heavy atom. The van der Waals surface area contributed by atoms with Crippen molar-refractivity contribution < 1.29 is 0 Å². The van der Waals surface area contributed by atoms with Gasteiger partial charge in [0.2, 0.25) is 0 Å². The first-order valence-corrected chi connectivity index (χ1v) is 5.71. The summed E-state index contributed by atoms with van der Waals surface area (Å²) in [6.45, 7) is 13.8. The van der Waals surface area contributed by atoms with Crippen LogP contribution in [0.25, 0.3) is 0 Å². The third-order valence-corrected chi connectivity index (χ3v) is 2.65. The van der Waals surface area contributed by atoms with E-state index in [1.807, 2.05) is 0 Å².